The Hall–Kier alpha value is -2.64. The summed E-state index contributed by atoms with van der Waals surface area (Å²) in [5, 5.41) is 31.8. The Morgan fingerprint density at radius 1 is 1.38 bits per heavy atom. The summed E-state index contributed by atoms with van der Waals surface area (Å²) in [6.45, 7) is 3.52. The van der Waals surface area contributed by atoms with E-state index in [0.717, 1.165) is 40.6 Å². The fourth-order valence-corrected chi connectivity index (χ4v) is 5.46. The fourth-order valence-electron chi connectivity index (χ4n) is 5.46. The minimum Gasteiger partial charge on any atom is -0.507 e. The Morgan fingerprint density at radius 3 is 2.83 bits per heavy atom. The lowest BCUT2D eigenvalue weighted by Gasteiger charge is -2.35. The first kappa shape index (κ1) is 18.4. The van der Waals surface area contributed by atoms with Gasteiger partial charge in [0.05, 0.1) is 42.0 Å². The second-order valence-corrected chi connectivity index (χ2v) is 8.32. The lowest BCUT2D eigenvalue weighted by Crippen LogP contribution is -2.35. The van der Waals surface area contributed by atoms with Crippen LogP contribution in [-0.2, 0) is 16.0 Å². The van der Waals surface area contributed by atoms with Gasteiger partial charge in [-0.1, -0.05) is 0 Å². The van der Waals surface area contributed by atoms with Crippen LogP contribution in [0.2, 0.25) is 0 Å². The highest BCUT2D eigenvalue weighted by Gasteiger charge is 2.43. The van der Waals surface area contributed by atoms with Gasteiger partial charge in [0.25, 0.3) is 0 Å². The quantitative estimate of drug-likeness (QED) is 0.735. The number of rotatable bonds is 3. The summed E-state index contributed by atoms with van der Waals surface area (Å²) < 4.78 is 7.98. The predicted molar refractivity (Wildman–Crippen MR) is 105 cm³/mol. The molecule has 0 bridgehead atoms. The van der Waals surface area contributed by atoms with Crippen molar-refractivity contribution in [3.8, 4) is 5.75 Å². The first-order valence-electron chi connectivity index (χ1n) is 10.0. The van der Waals surface area contributed by atoms with E-state index >= 15 is 0 Å². The standard InChI is InChI=1S/C22H23NO6/c1-9(24)14-4-5-15-12-3-6-16(25)20-19(12)21(23(14)15)13-7-11(8-17(26)27)29-10(2)18(13)22(20)28/h3,6,9-11,14,24-25H,4-5,7-8H2,1-2H3,(H,26,27)/t9-,10+,11-,14+/m0/s1. The third kappa shape index (κ3) is 2.44. The van der Waals surface area contributed by atoms with Crippen LogP contribution in [0.25, 0.3) is 16.3 Å². The van der Waals surface area contributed by atoms with Gasteiger partial charge in [-0.05, 0) is 44.4 Å². The number of aryl methyl sites for hydroxylation is 1. The SMILES string of the molecule is C[C@H](O)[C@H]1CCc2c3ccc(O)c4c3c(n21)C1=C(C4=O)[C@@H](C)O[C@H](CC(=O)O)C1. The molecule has 3 N–H and O–H groups in total. The maximum atomic E-state index is 13.4. The number of carboxylic acid groups (broad SMARTS) is 1. The summed E-state index contributed by atoms with van der Waals surface area (Å²) in [5.41, 5.74) is 3.46. The summed E-state index contributed by atoms with van der Waals surface area (Å²) in [6.07, 6.45) is 0.0818. The second-order valence-electron chi connectivity index (χ2n) is 8.32. The highest BCUT2D eigenvalue weighted by molar-refractivity contribution is 6.27. The van der Waals surface area contributed by atoms with E-state index in [4.69, 9.17) is 4.74 Å². The van der Waals surface area contributed by atoms with E-state index in [1.54, 1.807) is 19.9 Å². The number of aromatic hydroxyl groups is 1. The maximum Gasteiger partial charge on any atom is 0.305 e. The number of aliphatic hydroxyl groups is 1. The zero-order valence-corrected chi connectivity index (χ0v) is 16.3. The summed E-state index contributed by atoms with van der Waals surface area (Å²) in [5.74, 6) is -1.26. The number of ether oxygens (including phenoxy) is 1. The maximum absolute atomic E-state index is 13.4. The third-order valence-corrected chi connectivity index (χ3v) is 6.55. The number of carbonyl (C=O) groups excluding carboxylic acids is 1. The number of fused-ring (bicyclic) bond motifs is 4. The lowest BCUT2D eigenvalue weighted by atomic mass is 9.80. The molecule has 1 aromatic heterocycles. The first-order valence-corrected chi connectivity index (χ1v) is 10.0. The van der Waals surface area contributed by atoms with Gasteiger partial charge in [0.1, 0.15) is 5.75 Å². The number of carbonyl (C=O) groups is 2. The first-order chi connectivity index (χ1) is 13.8. The van der Waals surface area contributed by atoms with Gasteiger partial charge in [0.2, 0.25) is 0 Å². The molecular weight excluding hydrogens is 374 g/mol. The number of aromatic nitrogens is 1. The van der Waals surface area contributed by atoms with Crippen molar-refractivity contribution < 1.29 is 29.6 Å². The molecule has 0 spiro atoms. The van der Waals surface area contributed by atoms with Gasteiger partial charge in [-0.15, -0.1) is 0 Å². The van der Waals surface area contributed by atoms with E-state index in [-0.39, 0.29) is 29.6 Å². The van der Waals surface area contributed by atoms with Crippen molar-refractivity contribution in [1.29, 1.82) is 0 Å². The van der Waals surface area contributed by atoms with Gasteiger partial charge < -0.3 is 24.6 Å². The number of phenolic OH excluding ortho intramolecular Hbond substituents is 1. The van der Waals surface area contributed by atoms with E-state index in [9.17, 15) is 24.9 Å². The van der Waals surface area contributed by atoms with Gasteiger partial charge >= 0.3 is 5.97 Å². The number of benzene rings is 1. The van der Waals surface area contributed by atoms with Gasteiger partial charge in [-0.2, -0.15) is 0 Å². The van der Waals surface area contributed by atoms with Crippen molar-refractivity contribution in [2.45, 2.75) is 63.9 Å². The number of aliphatic hydroxyl groups excluding tert-OH is 1. The predicted octanol–water partition coefficient (Wildman–Crippen LogP) is 2.82. The Bertz CT molecular complexity index is 1110. The highest BCUT2D eigenvalue weighted by Crippen LogP contribution is 2.51. The van der Waals surface area contributed by atoms with Gasteiger partial charge in [0.15, 0.2) is 5.78 Å². The van der Waals surface area contributed by atoms with Crippen LogP contribution in [0.5, 0.6) is 5.75 Å². The van der Waals surface area contributed by atoms with Crippen molar-refractivity contribution in [2.75, 3.05) is 0 Å². The molecule has 0 radical (unpaired) electrons. The summed E-state index contributed by atoms with van der Waals surface area (Å²) in [4.78, 5) is 24.6. The van der Waals surface area contributed by atoms with Crippen LogP contribution < -0.4 is 0 Å². The molecule has 0 saturated carbocycles. The van der Waals surface area contributed by atoms with Gasteiger partial charge in [-0.25, -0.2) is 0 Å². The van der Waals surface area contributed by atoms with E-state index in [0.29, 0.717) is 12.0 Å². The van der Waals surface area contributed by atoms with Crippen LogP contribution in [0.4, 0.5) is 0 Å². The van der Waals surface area contributed by atoms with E-state index < -0.39 is 24.3 Å². The molecule has 2 aliphatic heterocycles. The summed E-state index contributed by atoms with van der Waals surface area (Å²) >= 11 is 0. The molecule has 3 heterocycles. The molecule has 2 aromatic rings. The molecule has 0 amide bonds. The molecule has 0 saturated heterocycles. The summed E-state index contributed by atoms with van der Waals surface area (Å²) in [6, 6.07) is 3.27. The molecule has 0 unspecified atom stereocenters. The largest absolute Gasteiger partial charge is 0.507 e. The van der Waals surface area contributed by atoms with Crippen molar-refractivity contribution in [2.24, 2.45) is 0 Å². The molecule has 0 fully saturated rings. The van der Waals surface area contributed by atoms with Crippen LogP contribution in [0.15, 0.2) is 17.7 Å². The van der Waals surface area contributed by atoms with Crippen LogP contribution in [0.3, 0.4) is 0 Å². The molecule has 1 aliphatic carbocycles. The molecule has 1 aromatic carbocycles. The third-order valence-electron chi connectivity index (χ3n) is 6.55. The zero-order chi connectivity index (χ0) is 20.6. The number of aliphatic carboxylic acids is 1. The Kier molecular flexibility index (Phi) is 3.92. The van der Waals surface area contributed by atoms with Crippen molar-refractivity contribution in [3.05, 3.63) is 34.7 Å². The molecule has 4 atom stereocenters. The number of nitrogens with zero attached hydrogens (tertiary/aromatic N) is 1. The van der Waals surface area contributed by atoms with Crippen LogP contribution in [0, 0.1) is 0 Å². The zero-order valence-electron chi connectivity index (χ0n) is 16.3. The smallest absolute Gasteiger partial charge is 0.305 e. The monoisotopic (exact) mass is 397 g/mol. The molecule has 3 aliphatic rings. The lowest BCUT2D eigenvalue weighted by molar-refractivity contribution is -0.140. The van der Waals surface area contributed by atoms with Crippen molar-refractivity contribution in [3.63, 3.8) is 0 Å². The molecule has 29 heavy (non-hydrogen) atoms. The molecule has 7 heteroatoms. The molecular formula is C22H23NO6. The Labute approximate surface area is 167 Å². The van der Waals surface area contributed by atoms with Crippen LogP contribution in [-0.4, -0.2) is 50.0 Å². The van der Waals surface area contributed by atoms with Crippen LogP contribution >= 0.6 is 0 Å². The molecule has 152 valence electrons. The summed E-state index contributed by atoms with van der Waals surface area (Å²) in [7, 11) is 0. The number of carboxylic acids is 1. The minimum atomic E-state index is -0.946. The van der Waals surface area contributed by atoms with E-state index in [1.165, 1.54) is 0 Å². The van der Waals surface area contributed by atoms with E-state index in [1.807, 2.05) is 6.07 Å². The molecule has 7 nitrogen and oxygen atoms in total. The number of hydrogen-bond donors (Lipinski definition) is 3. The average Bonchev–Trinajstić information content (AvgIpc) is 3.18. The topological polar surface area (TPSA) is 109 Å². The van der Waals surface area contributed by atoms with Crippen molar-refractivity contribution >= 4 is 28.1 Å². The number of phenols is 1. The second kappa shape index (κ2) is 6.18. The van der Waals surface area contributed by atoms with Gasteiger partial charge in [0, 0.05) is 28.5 Å². The highest BCUT2D eigenvalue weighted by atomic mass is 16.5. The Balaban J connectivity index is 1.82. The van der Waals surface area contributed by atoms with Crippen molar-refractivity contribution in [1.82, 2.24) is 4.57 Å². The number of ketones is 1. The molecule has 5 rings (SSSR count). The normalized spacial score (nSPS) is 26.6. The fraction of sp³-hybridized carbons (Fsp3) is 0.455. The Morgan fingerprint density at radius 2 is 2.14 bits per heavy atom. The average molecular weight is 397 g/mol. The number of Topliss-reactive ketones (excluding diaryl/α,β-unsaturated/α-hetero) is 1. The van der Waals surface area contributed by atoms with Gasteiger partial charge in [-0.3, -0.25) is 9.59 Å². The number of hydrogen-bond acceptors (Lipinski definition) is 5. The van der Waals surface area contributed by atoms with Crippen LogP contribution in [0.1, 0.15) is 60.9 Å². The minimum absolute atomic E-state index is 0.0620. The van der Waals surface area contributed by atoms with E-state index in [2.05, 4.69) is 4.57 Å².